The largest absolute Gasteiger partial charge is 0.452 e. The maximum Gasteiger partial charge on any atom is 0.387 e. The average Bonchev–Trinajstić information content (AvgIpc) is 2.66. The Hall–Kier alpha value is -3.01. The Balaban J connectivity index is 1.88. The zero-order valence-corrected chi connectivity index (χ0v) is 14.8. The van der Waals surface area contributed by atoms with E-state index in [2.05, 4.69) is 9.72 Å². The molecule has 27 heavy (non-hydrogen) atoms. The van der Waals surface area contributed by atoms with E-state index in [1.54, 1.807) is 12.3 Å². The second-order valence-electron chi connectivity index (χ2n) is 4.92. The van der Waals surface area contributed by atoms with Gasteiger partial charge in [0.05, 0.1) is 5.56 Å². The lowest BCUT2D eigenvalue weighted by Gasteiger charge is -2.08. The van der Waals surface area contributed by atoms with Crippen LogP contribution in [0.1, 0.15) is 20.7 Å². The molecule has 0 bridgehead atoms. The molecule has 0 saturated heterocycles. The second kappa shape index (κ2) is 9.62. The van der Waals surface area contributed by atoms with E-state index in [0.717, 1.165) is 12.1 Å². The van der Waals surface area contributed by atoms with Gasteiger partial charge in [0.1, 0.15) is 10.8 Å². The van der Waals surface area contributed by atoms with Gasteiger partial charge in [0.2, 0.25) is 0 Å². The smallest absolute Gasteiger partial charge is 0.387 e. The van der Waals surface area contributed by atoms with Crippen molar-refractivity contribution in [1.29, 1.82) is 0 Å². The molecule has 7 nitrogen and oxygen atoms in total. The molecule has 10 heteroatoms. The van der Waals surface area contributed by atoms with Crippen LogP contribution in [0.4, 0.5) is 8.78 Å². The van der Waals surface area contributed by atoms with Crippen molar-refractivity contribution in [3.63, 3.8) is 0 Å². The topological polar surface area (TPSA) is 94.6 Å². The molecule has 1 heterocycles. The Bertz CT molecular complexity index is 830. The number of pyridine rings is 1. The number of esters is 1. The van der Waals surface area contributed by atoms with E-state index in [1.807, 2.05) is 5.32 Å². The minimum absolute atomic E-state index is 0.0493. The van der Waals surface area contributed by atoms with Crippen molar-refractivity contribution in [2.45, 2.75) is 11.6 Å². The Kier molecular flexibility index (Phi) is 7.24. The van der Waals surface area contributed by atoms with Gasteiger partial charge in [0.15, 0.2) is 6.61 Å². The molecule has 1 aromatic heterocycles. The van der Waals surface area contributed by atoms with E-state index >= 15 is 0 Å². The number of nitrogens with one attached hydrogen (secondary N) is 1. The van der Waals surface area contributed by atoms with Gasteiger partial charge in [-0.05, 0) is 42.7 Å². The summed E-state index contributed by atoms with van der Waals surface area (Å²) in [6.45, 7) is -3.65. The maximum atomic E-state index is 12.1. The first-order valence-electron chi connectivity index (χ1n) is 7.46. The van der Waals surface area contributed by atoms with Crippen molar-refractivity contribution in [3.05, 3.63) is 53.7 Å². The number of halogens is 2. The van der Waals surface area contributed by atoms with E-state index in [1.165, 1.54) is 36.2 Å². The van der Waals surface area contributed by atoms with E-state index in [-0.39, 0.29) is 16.9 Å². The SMILES string of the molecule is CSc1ncccc1C(=O)OCC(=O)NC(=O)c1ccc(OC(F)F)cc1. The molecule has 142 valence electrons. The van der Waals surface area contributed by atoms with Crippen molar-refractivity contribution >= 4 is 29.5 Å². The van der Waals surface area contributed by atoms with E-state index in [4.69, 9.17) is 4.74 Å². The summed E-state index contributed by atoms with van der Waals surface area (Å²) in [6, 6.07) is 7.82. The molecule has 0 aliphatic rings. The van der Waals surface area contributed by atoms with Gasteiger partial charge in [-0.2, -0.15) is 8.78 Å². The first kappa shape index (κ1) is 20.3. The summed E-state index contributed by atoms with van der Waals surface area (Å²) in [4.78, 5) is 39.7. The Labute approximate surface area is 157 Å². The lowest BCUT2D eigenvalue weighted by atomic mass is 10.2. The Morgan fingerprint density at radius 1 is 1.19 bits per heavy atom. The predicted octanol–water partition coefficient (Wildman–Crippen LogP) is 2.52. The number of thioether (sulfide) groups is 1. The predicted molar refractivity (Wildman–Crippen MR) is 91.8 cm³/mol. The number of rotatable bonds is 7. The van der Waals surface area contributed by atoms with Gasteiger partial charge in [0, 0.05) is 11.8 Å². The van der Waals surface area contributed by atoms with Crippen molar-refractivity contribution < 1.29 is 32.6 Å². The first-order chi connectivity index (χ1) is 12.9. The van der Waals surface area contributed by atoms with Crippen molar-refractivity contribution in [2.75, 3.05) is 12.9 Å². The molecule has 1 N–H and O–H groups in total. The number of nitrogens with zero attached hydrogens (tertiary/aromatic N) is 1. The number of imide groups is 1. The summed E-state index contributed by atoms with van der Waals surface area (Å²) in [5.74, 6) is -2.48. The summed E-state index contributed by atoms with van der Waals surface area (Å²) >= 11 is 1.25. The second-order valence-corrected chi connectivity index (χ2v) is 5.71. The molecule has 2 amide bonds. The van der Waals surface area contributed by atoms with E-state index in [0.29, 0.717) is 5.03 Å². The molecular weight excluding hydrogens is 382 g/mol. The molecule has 2 aromatic rings. The van der Waals surface area contributed by atoms with Gasteiger partial charge >= 0.3 is 12.6 Å². The number of hydrogen-bond acceptors (Lipinski definition) is 7. The number of aromatic nitrogens is 1. The maximum absolute atomic E-state index is 12.1. The minimum atomic E-state index is -2.98. The number of alkyl halides is 2. The van der Waals surface area contributed by atoms with Gasteiger partial charge in [-0.15, -0.1) is 11.8 Å². The van der Waals surface area contributed by atoms with Crippen LogP contribution in [0.2, 0.25) is 0 Å². The quantitative estimate of drug-likeness (QED) is 0.568. The minimum Gasteiger partial charge on any atom is -0.452 e. The van der Waals surface area contributed by atoms with Crippen molar-refractivity contribution in [2.24, 2.45) is 0 Å². The third-order valence-electron chi connectivity index (χ3n) is 3.11. The summed E-state index contributed by atoms with van der Waals surface area (Å²) in [6.07, 6.45) is 3.26. The lowest BCUT2D eigenvalue weighted by Crippen LogP contribution is -2.34. The molecule has 0 unspecified atom stereocenters. The van der Waals surface area contributed by atoms with Crippen LogP contribution in [0, 0.1) is 0 Å². The molecule has 0 saturated carbocycles. The highest BCUT2D eigenvalue weighted by molar-refractivity contribution is 7.98. The van der Waals surface area contributed by atoms with Crippen molar-refractivity contribution in [1.82, 2.24) is 10.3 Å². The highest BCUT2D eigenvalue weighted by Crippen LogP contribution is 2.17. The number of carbonyl (C=O) groups excluding carboxylic acids is 3. The number of hydrogen-bond donors (Lipinski definition) is 1. The summed E-state index contributed by atoms with van der Waals surface area (Å²) in [5.41, 5.74) is 0.256. The highest BCUT2D eigenvalue weighted by atomic mass is 32.2. The summed E-state index contributed by atoms with van der Waals surface area (Å²) < 4.78 is 33.2. The van der Waals surface area contributed by atoms with Gasteiger partial charge in [-0.25, -0.2) is 9.78 Å². The summed E-state index contributed by atoms with van der Waals surface area (Å²) in [7, 11) is 0. The van der Waals surface area contributed by atoms with Crippen LogP contribution < -0.4 is 10.1 Å². The molecule has 2 rings (SSSR count). The molecule has 1 aromatic carbocycles. The molecule has 0 aliphatic heterocycles. The summed E-state index contributed by atoms with van der Waals surface area (Å²) in [5, 5.41) is 2.48. The van der Waals surface area contributed by atoms with Gasteiger partial charge in [-0.3, -0.25) is 14.9 Å². The Morgan fingerprint density at radius 3 is 2.52 bits per heavy atom. The lowest BCUT2D eigenvalue weighted by molar-refractivity contribution is -0.123. The van der Waals surface area contributed by atoms with Crippen molar-refractivity contribution in [3.8, 4) is 5.75 Å². The fourth-order valence-corrected chi connectivity index (χ4v) is 2.48. The van der Waals surface area contributed by atoms with E-state index < -0.39 is 31.0 Å². The van der Waals surface area contributed by atoms with Gasteiger partial charge in [0.25, 0.3) is 11.8 Å². The third-order valence-corrected chi connectivity index (χ3v) is 3.83. The van der Waals surface area contributed by atoms with Crippen LogP contribution in [0.25, 0.3) is 0 Å². The van der Waals surface area contributed by atoms with Gasteiger partial charge in [-0.1, -0.05) is 0 Å². The van der Waals surface area contributed by atoms with Crippen LogP contribution in [-0.2, 0) is 9.53 Å². The Morgan fingerprint density at radius 2 is 1.89 bits per heavy atom. The van der Waals surface area contributed by atoms with Crippen LogP contribution >= 0.6 is 11.8 Å². The molecule has 0 radical (unpaired) electrons. The number of ether oxygens (including phenoxy) is 2. The number of carbonyl (C=O) groups is 3. The van der Waals surface area contributed by atoms with Crippen LogP contribution in [0.5, 0.6) is 5.75 Å². The number of amides is 2. The molecule has 0 fully saturated rings. The molecule has 0 atom stereocenters. The molecule has 0 spiro atoms. The highest BCUT2D eigenvalue weighted by Gasteiger charge is 2.16. The zero-order valence-electron chi connectivity index (χ0n) is 14.0. The monoisotopic (exact) mass is 396 g/mol. The van der Waals surface area contributed by atoms with Crippen LogP contribution in [-0.4, -0.2) is 42.2 Å². The normalized spacial score (nSPS) is 10.4. The third kappa shape index (κ3) is 6.03. The zero-order chi connectivity index (χ0) is 19.8. The van der Waals surface area contributed by atoms with Gasteiger partial charge < -0.3 is 9.47 Å². The standard InChI is InChI=1S/C17H14F2N2O5S/c1-27-15-12(3-2-8-20-15)16(24)25-9-13(22)21-14(23)10-4-6-11(7-5-10)26-17(18)19/h2-8,17H,9H2,1H3,(H,21,22,23). The molecular formula is C17H14F2N2O5S. The van der Waals surface area contributed by atoms with E-state index in [9.17, 15) is 23.2 Å². The first-order valence-corrected chi connectivity index (χ1v) is 8.68. The fraction of sp³-hybridized carbons (Fsp3) is 0.176. The average molecular weight is 396 g/mol. The van der Waals surface area contributed by atoms with Crippen LogP contribution in [0.15, 0.2) is 47.6 Å². The molecule has 0 aliphatic carbocycles. The number of benzene rings is 1. The fourth-order valence-electron chi connectivity index (χ4n) is 1.94. The van der Waals surface area contributed by atoms with Crippen LogP contribution in [0.3, 0.4) is 0 Å².